The van der Waals surface area contributed by atoms with E-state index in [0.29, 0.717) is 22.2 Å². The van der Waals surface area contributed by atoms with Crippen molar-refractivity contribution in [2.75, 3.05) is 16.4 Å². The summed E-state index contributed by atoms with van der Waals surface area (Å²) in [4.78, 5) is 12.4. The third kappa shape index (κ3) is 4.07. The number of benzene rings is 3. The van der Waals surface area contributed by atoms with Gasteiger partial charge in [-0.1, -0.05) is 6.07 Å². The molecule has 0 fully saturated rings. The van der Waals surface area contributed by atoms with E-state index >= 15 is 0 Å². The van der Waals surface area contributed by atoms with Gasteiger partial charge in [-0.05, 0) is 60.2 Å². The lowest BCUT2D eigenvalue weighted by molar-refractivity contribution is 0.0998. The summed E-state index contributed by atoms with van der Waals surface area (Å²) in [5.41, 5.74) is 7.88. The Morgan fingerprint density at radius 1 is 0.933 bits per heavy atom. The summed E-state index contributed by atoms with van der Waals surface area (Å²) in [5.74, 6) is -2.87. The van der Waals surface area contributed by atoms with Crippen LogP contribution in [0.15, 0.2) is 65.1 Å². The predicted octanol–water partition coefficient (Wildman–Crippen LogP) is 5.30. The van der Waals surface area contributed by atoms with E-state index in [9.17, 15) is 18.0 Å². The van der Waals surface area contributed by atoms with Crippen molar-refractivity contribution in [2.45, 2.75) is 6.54 Å². The first-order chi connectivity index (χ1) is 14.4. The fourth-order valence-corrected chi connectivity index (χ4v) is 2.94. The van der Waals surface area contributed by atoms with Gasteiger partial charge in [0, 0.05) is 17.6 Å². The number of carbonyl (C=O) groups is 1. The molecule has 0 radical (unpaired) electrons. The number of furan rings is 1. The lowest BCUT2D eigenvalue weighted by Gasteiger charge is -2.07. The maximum Gasteiger partial charge on any atom is 0.291 e. The van der Waals surface area contributed by atoms with E-state index in [2.05, 4.69) is 10.6 Å². The maximum atomic E-state index is 13.4. The van der Waals surface area contributed by atoms with E-state index in [4.69, 9.17) is 10.2 Å². The Bertz CT molecular complexity index is 1250. The number of anilines is 3. The van der Waals surface area contributed by atoms with Crippen LogP contribution in [0.3, 0.4) is 0 Å². The highest BCUT2D eigenvalue weighted by molar-refractivity contribution is 6.06. The van der Waals surface area contributed by atoms with Crippen molar-refractivity contribution in [1.82, 2.24) is 0 Å². The van der Waals surface area contributed by atoms with Crippen molar-refractivity contribution in [3.63, 3.8) is 0 Å². The Labute approximate surface area is 169 Å². The molecule has 152 valence electrons. The highest BCUT2D eigenvalue weighted by atomic mass is 19.2. The molecule has 1 heterocycles. The second-order valence-corrected chi connectivity index (χ2v) is 6.65. The van der Waals surface area contributed by atoms with Crippen LogP contribution in [0.5, 0.6) is 0 Å². The molecule has 4 N–H and O–H groups in total. The number of rotatable bonds is 5. The minimum atomic E-state index is -0.908. The zero-order valence-corrected chi connectivity index (χ0v) is 15.5. The summed E-state index contributed by atoms with van der Waals surface area (Å²) in [6, 6.07) is 14.1. The normalized spacial score (nSPS) is 10.9. The molecule has 8 heteroatoms. The standard InChI is InChI=1S/C22H16F3N3O2/c23-14-2-5-18(26)19(10-14)28-22(29)21-9-13-8-15(3-6-20(13)30-21)27-11-12-1-4-16(24)17(25)7-12/h1-10,27H,11,26H2,(H,28,29). The van der Waals surface area contributed by atoms with Crippen molar-refractivity contribution in [2.24, 2.45) is 0 Å². The van der Waals surface area contributed by atoms with Gasteiger partial charge in [-0.3, -0.25) is 4.79 Å². The zero-order chi connectivity index (χ0) is 21.3. The Kier molecular flexibility index (Phi) is 5.05. The number of fused-ring (bicyclic) bond motifs is 1. The Hall–Kier alpha value is -3.94. The molecule has 3 aromatic carbocycles. The summed E-state index contributed by atoms with van der Waals surface area (Å²) in [5, 5.41) is 6.28. The molecule has 0 atom stereocenters. The van der Waals surface area contributed by atoms with Gasteiger partial charge in [0.25, 0.3) is 5.91 Å². The van der Waals surface area contributed by atoms with Crippen LogP contribution in [-0.2, 0) is 6.54 Å². The van der Waals surface area contributed by atoms with Crippen LogP contribution >= 0.6 is 0 Å². The maximum absolute atomic E-state index is 13.4. The predicted molar refractivity (Wildman–Crippen MR) is 109 cm³/mol. The van der Waals surface area contributed by atoms with Gasteiger partial charge in [0.2, 0.25) is 0 Å². The quantitative estimate of drug-likeness (QED) is 0.390. The first-order valence-electron chi connectivity index (χ1n) is 8.97. The van der Waals surface area contributed by atoms with Crippen molar-refractivity contribution in [1.29, 1.82) is 0 Å². The molecule has 0 saturated heterocycles. The number of amides is 1. The van der Waals surface area contributed by atoms with Crippen molar-refractivity contribution >= 4 is 33.9 Å². The number of hydrogen-bond donors (Lipinski definition) is 3. The smallest absolute Gasteiger partial charge is 0.291 e. The third-order valence-electron chi connectivity index (χ3n) is 4.48. The van der Waals surface area contributed by atoms with Crippen LogP contribution in [0.2, 0.25) is 0 Å². The molecule has 5 nitrogen and oxygen atoms in total. The van der Waals surface area contributed by atoms with Gasteiger partial charge in [0.1, 0.15) is 11.4 Å². The van der Waals surface area contributed by atoms with E-state index in [0.717, 1.165) is 18.2 Å². The molecular formula is C22H16F3N3O2. The average Bonchev–Trinajstić information content (AvgIpc) is 3.15. The SMILES string of the molecule is Nc1ccc(F)cc1NC(=O)c1cc2cc(NCc3ccc(F)c(F)c3)ccc2o1. The summed E-state index contributed by atoms with van der Waals surface area (Å²) in [7, 11) is 0. The number of hydrogen-bond acceptors (Lipinski definition) is 4. The van der Waals surface area contributed by atoms with Crippen LogP contribution in [0.1, 0.15) is 16.1 Å². The summed E-state index contributed by atoms with van der Waals surface area (Å²) in [6.07, 6.45) is 0. The third-order valence-corrected chi connectivity index (χ3v) is 4.48. The van der Waals surface area contributed by atoms with Crippen LogP contribution in [0.4, 0.5) is 30.2 Å². The van der Waals surface area contributed by atoms with Crippen molar-refractivity contribution in [3.8, 4) is 0 Å². The highest BCUT2D eigenvalue weighted by Gasteiger charge is 2.14. The second-order valence-electron chi connectivity index (χ2n) is 6.65. The number of halogens is 3. The molecule has 1 aromatic heterocycles. The Morgan fingerprint density at radius 2 is 1.77 bits per heavy atom. The van der Waals surface area contributed by atoms with E-state index in [1.807, 2.05) is 0 Å². The molecule has 0 bridgehead atoms. The monoisotopic (exact) mass is 411 g/mol. The summed E-state index contributed by atoms with van der Waals surface area (Å²) in [6.45, 7) is 0.284. The molecular weight excluding hydrogens is 395 g/mol. The largest absolute Gasteiger partial charge is 0.451 e. The van der Waals surface area contributed by atoms with Gasteiger partial charge in [0.15, 0.2) is 17.4 Å². The topological polar surface area (TPSA) is 80.3 Å². The number of nitrogens with two attached hydrogens (primary N) is 1. The molecule has 1 amide bonds. The fourth-order valence-electron chi connectivity index (χ4n) is 2.94. The lowest BCUT2D eigenvalue weighted by Crippen LogP contribution is -2.12. The summed E-state index contributed by atoms with van der Waals surface area (Å²) >= 11 is 0. The van der Waals surface area contributed by atoms with E-state index in [-0.39, 0.29) is 23.7 Å². The second kappa shape index (κ2) is 7.82. The molecule has 0 aliphatic heterocycles. The van der Waals surface area contributed by atoms with Crippen LogP contribution < -0.4 is 16.4 Å². The first-order valence-corrected chi connectivity index (χ1v) is 8.97. The van der Waals surface area contributed by atoms with Gasteiger partial charge in [-0.2, -0.15) is 0 Å². The van der Waals surface area contributed by atoms with E-state index in [1.54, 1.807) is 24.3 Å². The van der Waals surface area contributed by atoms with Gasteiger partial charge < -0.3 is 20.8 Å². The summed E-state index contributed by atoms with van der Waals surface area (Å²) < 4.78 is 45.3. The van der Waals surface area contributed by atoms with Gasteiger partial charge in [0.05, 0.1) is 11.4 Å². The molecule has 0 unspecified atom stereocenters. The molecule has 0 saturated carbocycles. The van der Waals surface area contributed by atoms with Crippen LogP contribution in [-0.4, -0.2) is 5.91 Å². The Balaban J connectivity index is 1.49. The molecule has 4 aromatic rings. The first kappa shape index (κ1) is 19.4. The number of carbonyl (C=O) groups excluding carboxylic acids is 1. The molecule has 30 heavy (non-hydrogen) atoms. The van der Waals surface area contributed by atoms with Crippen molar-refractivity contribution < 1.29 is 22.4 Å². The van der Waals surface area contributed by atoms with E-state index in [1.165, 1.54) is 18.2 Å². The molecule has 0 spiro atoms. The zero-order valence-electron chi connectivity index (χ0n) is 15.5. The minimum Gasteiger partial charge on any atom is -0.451 e. The molecule has 0 aliphatic carbocycles. The highest BCUT2D eigenvalue weighted by Crippen LogP contribution is 2.25. The van der Waals surface area contributed by atoms with Crippen LogP contribution in [0, 0.1) is 17.5 Å². The lowest BCUT2D eigenvalue weighted by atomic mass is 10.2. The Morgan fingerprint density at radius 3 is 2.57 bits per heavy atom. The molecule has 4 rings (SSSR count). The van der Waals surface area contributed by atoms with Crippen LogP contribution in [0.25, 0.3) is 11.0 Å². The molecule has 0 aliphatic rings. The minimum absolute atomic E-state index is 0.0337. The fraction of sp³-hybridized carbons (Fsp3) is 0.0455. The van der Waals surface area contributed by atoms with Gasteiger partial charge >= 0.3 is 0 Å². The van der Waals surface area contributed by atoms with E-state index < -0.39 is 23.4 Å². The number of nitrogens with one attached hydrogen (secondary N) is 2. The average molecular weight is 411 g/mol. The van der Waals surface area contributed by atoms with Gasteiger partial charge in [-0.15, -0.1) is 0 Å². The van der Waals surface area contributed by atoms with Gasteiger partial charge in [-0.25, -0.2) is 13.2 Å². The van der Waals surface area contributed by atoms with Crippen molar-refractivity contribution in [3.05, 3.63) is 89.4 Å². The number of nitrogen functional groups attached to an aromatic ring is 1.